The van der Waals surface area contributed by atoms with Gasteiger partial charge in [-0.15, -0.1) is 6.07 Å². The van der Waals surface area contributed by atoms with Crippen molar-refractivity contribution in [2.45, 2.75) is 53.3 Å². The Morgan fingerprint density at radius 2 is 1.73 bits per heavy atom. The number of fused-ring (bicyclic) bond motifs is 8. The summed E-state index contributed by atoms with van der Waals surface area (Å²) in [4.78, 5) is 0. The molecule has 1 aliphatic heterocycles. The van der Waals surface area contributed by atoms with Crippen molar-refractivity contribution >= 4 is 33.9 Å². The first kappa shape index (κ1) is 20.3. The monoisotopic (exact) mass is 484 g/mol. The molecule has 3 aromatic carbocycles. The van der Waals surface area contributed by atoms with Crippen LogP contribution >= 0.6 is 0 Å². The second-order valence-corrected chi connectivity index (χ2v) is 12.2. The highest BCUT2D eigenvalue weighted by molar-refractivity contribution is 6.15. The van der Waals surface area contributed by atoms with Gasteiger partial charge in [0.2, 0.25) is 0 Å². The van der Waals surface area contributed by atoms with Gasteiger partial charge in [0.05, 0.1) is 6.72 Å². The van der Waals surface area contributed by atoms with E-state index in [0.717, 1.165) is 6.04 Å². The van der Waals surface area contributed by atoms with Gasteiger partial charge in [0.1, 0.15) is 17.9 Å². The number of nitrogens with zero attached hydrogens (tertiary/aromatic N) is 2. The summed E-state index contributed by atoms with van der Waals surface area (Å²) in [5.41, 5.74) is 10.1. The molecule has 5 aromatic rings. The summed E-state index contributed by atoms with van der Waals surface area (Å²) in [7, 11) is 0. The van der Waals surface area contributed by atoms with E-state index < -0.39 is 11.8 Å². The fraction of sp³-hybridized carbons (Fsp3) is 0.257. The first-order valence-corrected chi connectivity index (χ1v) is 13.2. The molecule has 3 heterocycles. The van der Waals surface area contributed by atoms with Crippen LogP contribution in [0.5, 0.6) is 0 Å². The quantitative estimate of drug-likeness (QED) is 0.177. The Kier molecular flexibility index (Phi) is 3.93. The first-order valence-electron chi connectivity index (χ1n) is 14.2. The molecule has 0 saturated heterocycles. The lowest BCUT2D eigenvalue weighted by molar-refractivity contribution is -0.488. The van der Waals surface area contributed by atoms with Gasteiger partial charge < -0.3 is 0 Å². The average molecular weight is 485 g/mol. The average Bonchev–Trinajstić information content (AvgIpc) is 3.47. The Morgan fingerprint density at radius 1 is 0.973 bits per heavy atom. The van der Waals surface area contributed by atoms with Gasteiger partial charge in [-0.05, 0) is 56.8 Å². The number of para-hydroxylation sites is 2. The Hall–Kier alpha value is -3.78. The molecule has 0 spiro atoms. The van der Waals surface area contributed by atoms with Crippen molar-refractivity contribution in [3.05, 3.63) is 107 Å². The number of aromatic nitrogens is 1. The Morgan fingerprint density at radius 3 is 2.49 bits per heavy atom. The fourth-order valence-electron chi connectivity index (χ4n) is 6.76. The number of hydrogen-bond acceptors (Lipinski definition) is 0. The normalized spacial score (nSPS) is 17.9. The number of hydrogen-bond donors (Lipinski definition) is 0. The van der Waals surface area contributed by atoms with E-state index in [2.05, 4.69) is 92.6 Å². The molecule has 2 nitrogen and oxygen atoms in total. The van der Waals surface area contributed by atoms with Crippen molar-refractivity contribution in [3.8, 4) is 11.1 Å². The van der Waals surface area contributed by atoms with Gasteiger partial charge in [-0.3, -0.25) is 4.58 Å². The molecular formula is C35H34N2. The van der Waals surface area contributed by atoms with Crippen LogP contribution in [-0.2, 0) is 5.41 Å². The van der Waals surface area contributed by atoms with Gasteiger partial charge in [-0.25, -0.2) is 4.40 Å². The van der Waals surface area contributed by atoms with Gasteiger partial charge in [0.25, 0.3) is 0 Å². The lowest BCUT2D eigenvalue weighted by Crippen LogP contribution is -2.32. The highest BCUT2D eigenvalue weighted by atomic mass is 15.0. The summed E-state index contributed by atoms with van der Waals surface area (Å²) >= 11 is 0. The highest BCUT2D eigenvalue weighted by Crippen LogP contribution is 2.55. The van der Waals surface area contributed by atoms with Crippen LogP contribution in [0.15, 0.2) is 78.5 Å². The Labute approximate surface area is 222 Å². The van der Waals surface area contributed by atoms with E-state index in [4.69, 9.17) is 2.74 Å². The molecule has 0 unspecified atom stereocenters. The summed E-state index contributed by atoms with van der Waals surface area (Å²) in [5.74, 6) is 0. The van der Waals surface area contributed by atoms with Crippen LogP contribution in [0.1, 0.15) is 66.1 Å². The predicted molar refractivity (Wildman–Crippen MR) is 155 cm³/mol. The second kappa shape index (κ2) is 7.16. The zero-order valence-electron chi connectivity index (χ0n) is 24.5. The van der Waals surface area contributed by atoms with Crippen molar-refractivity contribution < 1.29 is 11.7 Å². The molecule has 0 N–H and O–H groups in total. The zero-order valence-corrected chi connectivity index (χ0v) is 22.5. The summed E-state index contributed by atoms with van der Waals surface area (Å²) < 4.78 is 22.0. The molecule has 7 rings (SSSR count). The van der Waals surface area contributed by atoms with E-state index in [9.17, 15) is 0 Å². The standard InChI is InChI=1S/C35H34N2/c1-21-15-17-26-31(29(21)28-18-16-22(20-36(28)7)19-34(2,3)4)30-25-13-10-12-24-23-11-8-9-14-27(23)37(32(24)25)33(30)35(26,5)6/h8-18,20H,7,19H2,1-6H3/i19D2. The summed E-state index contributed by atoms with van der Waals surface area (Å²) in [6.07, 6.45) is 4.40. The number of rotatable bonds is 2. The minimum Gasteiger partial charge on any atom is -0.255 e. The maximum absolute atomic E-state index is 8.81. The summed E-state index contributed by atoms with van der Waals surface area (Å²) in [6.45, 7) is 17.1. The van der Waals surface area contributed by atoms with Crippen LogP contribution in [0.25, 0.3) is 38.3 Å². The molecule has 1 aliphatic carbocycles. The van der Waals surface area contributed by atoms with Crippen LogP contribution in [0.4, 0.5) is 0 Å². The van der Waals surface area contributed by atoms with E-state index in [1.165, 1.54) is 60.7 Å². The molecule has 0 fully saturated rings. The van der Waals surface area contributed by atoms with Gasteiger partial charge in [0, 0.05) is 8.16 Å². The van der Waals surface area contributed by atoms with Crippen molar-refractivity contribution in [1.29, 1.82) is 0 Å². The lowest BCUT2D eigenvalue weighted by Gasteiger charge is -2.28. The number of benzene rings is 3. The largest absolute Gasteiger partial charge is 0.255 e. The van der Waals surface area contributed by atoms with E-state index in [-0.39, 0.29) is 5.41 Å². The van der Waals surface area contributed by atoms with Crippen LogP contribution in [0.2, 0.25) is 0 Å². The molecule has 0 amide bonds. The van der Waals surface area contributed by atoms with Crippen LogP contribution in [0, 0.1) is 18.4 Å². The second-order valence-electron chi connectivity index (χ2n) is 12.2. The maximum Gasteiger partial charge on any atom is 0.159 e. The molecular weight excluding hydrogens is 448 g/mol. The van der Waals surface area contributed by atoms with E-state index in [1.807, 2.05) is 37.6 Å². The van der Waals surface area contributed by atoms with Crippen molar-refractivity contribution in [2.24, 2.45) is 5.41 Å². The minimum atomic E-state index is -1.48. The van der Waals surface area contributed by atoms with E-state index in [1.54, 1.807) is 0 Å². The van der Waals surface area contributed by atoms with Crippen molar-refractivity contribution in [3.63, 3.8) is 0 Å². The van der Waals surface area contributed by atoms with Gasteiger partial charge in [-0.1, -0.05) is 107 Å². The van der Waals surface area contributed by atoms with Gasteiger partial charge in [-0.2, -0.15) is 0 Å². The van der Waals surface area contributed by atoms with E-state index >= 15 is 0 Å². The maximum atomic E-state index is 8.81. The Balaban J connectivity index is 1.51. The zero-order chi connectivity index (χ0) is 27.6. The van der Waals surface area contributed by atoms with Gasteiger partial charge >= 0.3 is 0 Å². The Bertz CT molecular complexity index is 1920. The van der Waals surface area contributed by atoms with E-state index in [0.29, 0.717) is 5.57 Å². The van der Waals surface area contributed by atoms with Crippen molar-refractivity contribution in [1.82, 2.24) is 0 Å². The molecule has 0 atom stereocenters. The summed E-state index contributed by atoms with van der Waals surface area (Å²) in [5, 5.41) is 3.88. The molecule has 184 valence electrons. The third-order valence-electron chi connectivity index (χ3n) is 8.15. The number of aryl methyl sites for hydroxylation is 1. The molecule has 0 radical (unpaired) electrons. The molecule has 2 aromatic heterocycles. The third kappa shape index (κ3) is 2.93. The minimum absolute atomic E-state index is 0.198. The molecule has 0 bridgehead atoms. The predicted octanol–water partition coefficient (Wildman–Crippen LogP) is 7.99. The molecule has 2 heteroatoms. The smallest absolute Gasteiger partial charge is 0.159 e. The number of allylic oxidation sites excluding steroid dienone is 2. The fourth-order valence-corrected chi connectivity index (χ4v) is 6.76. The van der Waals surface area contributed by atoms with Crippen molar-refractivity contribution in [2.75, 3.05) is 0 Å². The SMILES string of the molecule is [2H]C([2H])(C1=C[N+](=C)[C-](c2c(C)ccc3c2-c2c([n+]4c5ccccc5c5cccc2[c-]54)C3(C)C)C=C1)C(C)(C)C. The van der Waals surface area contributed by atoms with Gasteiger partial charge in [0.15, 0.2) is 11.0 Å². The summed E-state index contributed by atoms with van der Waals surface area (Å²) in [6, 6.07) is 21.0. The molecule has 37 heavy (non-hydrogen) atoms. The van der Waals surface area contributed by atoms with Crippen LogP contribution in [-0.4, -0.2) is 11.3 Å². The van der Waals surface area contributed by atoms with Crippen LogP contribution in [0.3, 0.4) is 0 Å². The lowest BCUT2D eigenvalue weighted by atomic mass is 9.82. The highest BCUT2D eigenvalue weighted by Gasteiger charge is 2.44. The topological polar surface area (TPSA) is 7.11 Å². The first-order chi connectivity index (χ1) is 18.4. The van der Waals surface area contributed by atoms with Crippen LogP contribution < -0.4 is 4.40 Å². The third-order valence-corrected chi connectivity index (χ3v) is 8.15. The molecule has 0 saturated carbocycles. The molecule has 2 aliphatic rings.